The third-order valence-electron chi connectivity index (χ3n) is 2.59. The van der Waals surface area contributed by atoms with Crippen molar-refractivity contribution < 1.29 is 14.7 Å². The Bertz CT molecular complexity index is 768. The van der Waals surface area contributed by atoms with Gasteiger partial charge in [0.25, 0.3) is 5.91 Å². The third kappa shape index (κ3) is 3.43. The van der Waals surface area contributed by atoms with Gasteiger partial charge in [-0.15, -0.1) is 0 Å². The van der Waals surface area contributed by atoms with Crippen LogP contribution in [0.2, 0.25) is 0 Å². The number of pyridine rings is 1. The fourth-order valence-electron chi connectivity index (χ4n) is 1.60. The summed E-state index contributed by atoms with van der Waals surface area (Å²) in [6, 6.07) is 9.37. The summed E-state index contributed by atoms with van der Waals surface area (Å²) in [5.74, 6) is -1.74. The van der Waals surface area contributed by atoms with Crippen LogP contribution in [-0.2, 0) is 0 Å². The van der Waals surface area contributed by atoms with Gasteiger partial charge in [-0.3, -0.25) is 4.79 Å². The summed E-state index contributed by atoms with van der Waals surface area (Å²) in [5.41, 5.74) is 0.563. The molecule has 21 heavy (non-hydrogen) atoms. The lowest BCUT2D eigenvalue weighted by Crippen LogP contribution is -2.14. The van der Waals surface area contributed by atoms with Crippen molar-refractivity contribution in [3.8, 4) is 6.07 Å². The van der Waals surface area contributed by atoms with Gasteiger partial charge >= 0.3 is 5.97 Å². The van der Waals surface area contributed by atoms with Crippen molar-refractivity contribution in [1.82, 2.24) is 4.98 Å². The number of benzene rings is 1. The molecule has 2 aromatic rings. The van der Waals surface area contributed by atoms with Crippen molar-refractivity contribution >= 4 is 33.5 Å². The number of carboxylic acid groups (broad SMARTS) is 1. The molecule has 1 amide bonds. The minimum absolute atomic E-state index is 0.145. The summed E-state index contributed by atoms with van der Waals surface area (Å²) in [5, 5.41) is 20.4. The number of nitrogens with one attached hydrogen (secondary N) is 1. The number of hydrogen-bond acceptors (Lipinski definition) is 4. The highest BCUT2D eigenvalue weighted by Crippen LogP contribution is 2.21. The molecule has 0 aliphatic rings. The molecule has 0 radical (unpaired) electrons. The molecule has 0 aliphatic carbocycles. The summed E-state index contributed by atoms with van der Waals surface area (Å²) in [6.45, 7) is 0. The zero-order chi connectivity index (χ0) is 15.4. The summed E-state index contributed by atoms with van der Waals surface area (Å²) < 4.78 is 0.706. The Morgan fingerprint density at radius 1 is 1.29 bits per heavy atom. The molecule has 0 spiro atoms. The lowest BCUT2D eigenvalue weighted by atomic mass is 10.1. The smallest absolute Gasteiger partial charge is 0.354 e. The minimum atomic E-state index is -1.22. The molecule has 1 aromatic heterocycles. The summed E-state index contributed by atoms with van der Waals surface area (Å²) >= 11 is 3.25. The molecule has 7 heteroatoms. The molecule has 2 N–H and O–H groups in total. The van der Waals surface area contributed by atoms with E-state index in [2.05, 4.69) is 26.2 Å². The van der Waals surface area contributed by atoms with E-state index in [1.165, 1.54) is 18.3 Å². The van der Waals surface area contributed by atoms with Gasteiger partial charge in [-0.1, -0.05) is 15.9 Å². The molecule has 0 atom stereocenters. The molecule has 0 unspecified atom stereocenters. The van der Waals surface area contributed by atoms with Crippen LogP contribution in [0.25, 0.3) is 0 Å². The maximum atomic E-state index is 12.1. The van der Waals surface area contributed by atoms with Gasteiger partial charge in [-0.25, -0.2) is 9.78 Å². The minimum Gasteiger partial charge on any atom is -0.477 e. The average Bonchev–Trinajstić information content (AvgIpc) is 2.47. The molecule has 6 nitrogen and oxygen atoms in total. The summed E-state index contributed by atoms with van der Waals surface area (Å²) in [6.07, 6.45) is 1.24. The standard InChI is InChI=1S/C14H8BrN3O3/c15-10-2-1-9(7-16)11(6-10)18-13(19)8-3-4-17-12(5-8)14(20)21/h1-6H,(H,18,19)(H,20,21). The molecular weight excluding hydrogens is 338 g/mol. The normalized spacial score (nSPS) is 9.71. The van der Waals surface area contributed by atoms with Gasteiger partial charge in [0, 0.05) is 16.2 Å². The molecule has 0 saturated carbocycles. The van der Waals surface area contributed by atoms with Gasteiger partial charge in [0.2, 0.25) is 0 Å². The van der Waals surface area contributed by atoms with Crippen molar-refractivity contribution in [3.63, 3.8) is 0 Å². The van der Waals surface area contributed by atoms with E-state index in [4.69, 9.17) is 10.4 Å². The number of carbonyl (C=O) groups is 2. The van der Waals surface area contributed by atoms with E-state index in [1.54, 1.807) is 18.2 Å². The van der Waals surface area contributed by atoms with Gasteiger partial charge in [-0.2, -0.15) is 5.26 Å². The zero-order valence-corrected chi connectivity index (χ0v) is 12.1. The molecule has 0 aliphatic heterocycles. The molecule has 0 fully saturated rings. The van der Waals surface area contributed by atoms with E-state index in [-0.39, 0.29) is 11.3 Å². The number of carboxylic acids is 1. The SMILES string of the molecule is N#Cc1ccc(Br)cc1NC(=O)c1ccnc(C(=O)O)c1. The maximum Gasteiger partial charge on any atom is 0.354 e. The van der Waals surface area contributed by atoms with Crippen LogP contribution in [0.15, 0.2) is 41.0 Å². The summed E-state index contributed by atoms with van der Waals surface area (Å²) in [4.78, 5) is 26.6. The Morgan fingerprint density at radius 3 is 2.71 bits per heavy atom. The first-order valence-corrected chi connectivity index (χ1v) is 6.51. The van der Waals surface area contributed by atoms with Crippen LogP contribution in [-0.4, -0.2) is 22.0 Å². The second-order valence-corrected chi connectivity index (χ2v) is 4.91. The number of amides is 1. The van der Waals surface area contributed by atoms with Gasteiger partial charge in [0.15, 0.2) is 0 Å². The lowest BCUT2D eigenvalue weighted by molar-refractivity contribution is 0.0690. The van der Waals surface area contributed by atoms with E-state index < -0.39 is 11.9 Å². The molecular formula is C14H8BrN3O3. The Balaban J connectivity index is 2.30. The van der Waals surface area contributed by atoms with E-state index in [1.807, 2.05) is 6.07 Å². The van der Waals surface area contributed by atoms with Crippen LogP contribution in [0.5, 0.6) is 0 Å². The van der Waals surface area contributed by atoms with E-state index >= 15 is 0 Å². The van der Waals surface area contributed by atoms with Crippen LogP contribution >= 0.6 is 15.9 Å². The van der Waals surface area contributed by atoms with Gasteiger partial charge in [-0.05, 0) is 30.3 Å². The number of aromatic nitrogens is 1. The molecule has 1 heterocycles. The first kappa shape index (κ1) is 14.7. The Hall–Kier alpha value is -2.72. The van der Waals surface area contributed by atoms with Crippen LogP contribution in [0.4, 0.5) is 5.69 Å². The Labute approximate surface area is 128 Å². The molecule has 2 rings (SSSR count). The maximum absolute atomic E-state index is 12.1. The topological polar surface area (TPSA) is 103 Å². The third-order valence-corrected chi connectivity index (χ3v) is 3.08. The average molecular weight is 346 g/mol. The highest BCUT2D eigenvalue weighted by atomic mass is 79.9. The predicted molar refractivity (Wildman–Crippen MR) is 78.0 cm³/mol. The van der Waals surface area contributed by atoms with Crippen LogP contribution in [0, 0.1) is 11.3 Å². The number of rotatable bonds is 3. The number of hydrogen-bond donors (Lipinski definition) is 2. The zero-order valence-electron chi connectivity index (χ0n) is 10.5. The molecule has 104 valence electrons. The molecule has 1 aromatic carbocycles. The predicted octanol–water partition coefficient (Wildman–Crippen LogP) is 2.67. The lowest BCUT2D eigenvalue weighted by Gasteiger charge is -2.08. The number of aromatic carboxylic acids is 1. The van der Waals surface area contributed by atoms with Crippen molar-refractivity contribution in [1.29, 1.82) is 5.26 Å². The van der Waals surface area contributed by atoms with Crippen molar-refractivity contribution in [2.45, 2.75) is 0 Å². The highest BCUT2D eigenvalue weighted by Gasteiger charge is 2.12. The first-order valence-electron chi connectivity index (χ1n) is 5.71. The number of anilines is 1. The largest absolute Gasteiger partial charge is 0.477 e. The second-order valence-electron chi connectivity index (χ2n) is 3.99. The quantitative estimate of drug-likeness (QED) is 0.889. The van der Waals surface area contributed by atoms with Crippen LogP contribution in [0.1, 0.15) is 26.4 Å². The van der Waals surface area contributed by atoms with Crippen molar-refractivity contribution in [3.05, 3.63) is 57.8 Å². The number of nitriles is 1. The number of nitrogens with zero attached hydrogens (tertiary/aromatic N) is 2. The Kier molecular flexibility index (Phi) is 4.30. The van der Waals surface area contributed by atoms with Gasteiger partial charge < -0.3 is 10.4 Å². The van der Waals surface area contributed by atoms with Crippen LogP contribution < -0.4 is 5.32 Å². The van der Waals surface area contributed by atoms with E-state index in [0.29, 0.717) is 15.7 Å². The fourth-order valence-corrected chi connectivity index (χ4v) is 1.96. The summed E-state index contributed by atoms with van der Waals surface area (Å²) in [7, 11) is 0. The molecule has 0 bridgehead atoms. The van der Waals surface area contributed by atoms with Gasteiger partial charge in [0.05, 0.1) is 11.3 Å². The van der Waals surface area contributed by atoms with Crippen molar-refractivity contribution in [2.75, 3.05) is 5.32 Å². The Morgan fingerprint density at radius 2 is 2.05 bits per heavy atom. The van der Waals surface area contributed by atoms with Crippen LogP contribution in [0.3, 0.4) is 0 Å². The number of carbonyl (C=O) groups excluding carboxylic acids is 1. The van der Waals surface area contributed by atoms with Crippen molar-refractivity contribution in [2.24, 2.45) is 0 Å². The second kappa shape index (κ2) is 6.15. The monoisotopic (exact) mass is 345 g/mol. The molecule has 0 saturated heterocycles. The van der Waals surface area contributed by atoms with Gasteiger partial charge in [0.1, 0.15) is 11.8 Å². The first-order chi connectivity index (χ1) is 10.0. The number of halogens is 1. The fraction of sp³-hybridized carbons (Fsp3) is 0. The van der Waals surface area contributed by atoms with E-state index in [9.17, 15) is 9.59 Å². The van der Waals surface area contributed by atoms with E-state index in [0.717, 1.165) is 0 Å². The highest BCUT2D eigenvalue weighted by molar-refractivity contribution is 9.10.